The van der Waals surface area contributed by atoms with Gasteiger partial charge in [0.2, 0.25) is 0 Å². The van der Waals surface area contributed by atoms with Crippen molar-refractivity contribution < 1.29 is 35.5 Å². The Morgan fingerprint density at radius 3 is 1.19 bits per heavy atom. The van der Waals surface area contributed by atoms with E-state index in [4.69, 9.17) is 0 Å². The van der Waals surface area contributed by atoms with Gasteiger partial charge in [-0.15, -0.1) is 0 Å². The van der Waals surface area contributed by atoms with Crippen molar-refractivity contribution in [3.8, 4) is 0 Å². The third-order valence-corrected chi connectivity index (χ3v) is 6.56. The molecule has 32 heavy (non-hydrogen) atoms. The van der Waals surface area contributed by atoms with Crippen LogP contribution < -0.4 is 0 Å². The van der Waals surface area contributed by atoms with Crippen LogP contribution in [0, 0.1) is 13.8 Å². The molecule has 0 fully saturated rings. The third kappa shape index (κ3) is 4.83. The van der Waals surface area contributed by atoms with Gasteiger partial charge in [0.1, 0.15) is 20.2 Å². The van der Waals surface area contributed by atoms with Gasteiger partial charge in [0.15, 0.2) is 11.6 Å². The minimum Gasteiger partial charge on any atom is -0.744 e. The summed E-state index contributed by atoms with van der Waals surface area (Å²) in [7, 11) is -9.47. The van der Waals surface area contributed by atoms with Crippen LogP contribution >= 0.6 is 0 Å². The van der Waals surface area contributed by atoms with Crippen molar-refractivity contribution in [1.29, 1.82) is 0 Å². The predicted octanol–water partition coefficient (Wildman–Crippen LogP) is 2.57. The molecule has 0 spiro atoms. The van der Waals surface area contributed by atoms with E-state index in [1.54, 1.807) is 13.8 Å². The van der Waals surface area contributed by atoms with Gasteiger partial charge in [-0.05, 0) is 49.2 Å². The fourth-order valence-corrected chi connectivity index (χ4v) is 4.08. The van der Waals surface area contributed by atoms with Crippen molar-refractivity contribution in [2.24, 2.45) is 0 Å². The maximum atomic E-state index is 12.8. The Morgan fingerprint density at radius 1 is 0.594 bits per heavy atom. The molecule has 10 heteroatoms. The zero-order valence-electron chi connectivity index (χ0n) is 16.9. The van der Waals surface area contributed by atoms with Crippen molar-refractivity contribution in [3.63, 3.8) is 0 Å². The summed E-state index contributed by atoms with van der Waals surface area (Å²) in [6.45, 7) is 3.18. The average molecular weight is 472 g/mol. The van der Waals surface area contributed by atoms with Gasteiger partial charge in [0.05, 0.1) is 9.79 Å². The van der Waals surface area contributed by atoms with Gasteiger partial charge < -0.3 is 9.11 Å². The van der Waals surface area contributed by atoms with E-state index in [1.807, 2.05) is 0 Å². The average Bonchev–Trinajstić information content (AvgIpc) is 2.72. The van der Waals surface area contributed by atoms with E-state index in [2.05, 4.69) is 0 Å². The molecular weight excluding hydrogens is 456 g/mol. The number of hydrogen-bond donors (Lipinski definition) is 0. The van der Waals surface area contributed by atoms with Crippen molar-refractivity contribution in [2.45, 2.75) is 23.6 Å². The van der Waals surface area contributed by atoms with E-state index in [1.165, 1.54) is 36.4 Å². The van der Waals surface area contributed by atoms with Crippen LogP contribution in [-0.4, -0.2) is 37.5 Å². The highest BCUT2D eigenvalue weighted by Crippen LogP contribution is 2.22. The number of benzene rings is 3. The molecule has 0 amide bonds. The number of ketones is 2. The topological polar surface area (TPSA) is 149 Å². The zero-order chi connectivity index (χ0) is 23.8. The van der Waals surface area contributed by atoms with Crippen molar-refractivity contribution in [3.05, 3.63) is 94.0 Å². The number of hydrogen-bond acceptors (Lipinski definition) is 8. The van der Waals surface area contributed by atoms with Crippen molar-refractivity contribution in [1.82, 2.24) is 0 Å². The van der Waals surface area contributed by atoms with Gasteiger partial charge in [-0.3, -0.25) is 9.59 Å². The van der Waals surface area contributed by atoms with E-state index in [0.717, 1.165) is 24.3 Å². The second kappa shape index (κ2) is 8.40. The van der Waals surface area contributed by atoms with Crippen LogP contribution in [0.4, 0.5) is 0 Å². The summed E-state index contributed by atoms with van der Waals surface area (Å²) >= 11 is 0. The quantitative estimate of drug-likeness (QED) is 0.392. The van der Waals surface area contributed by atoms with Crippen LogP contribution in [0.25, 0.3) is 0 Å². The van der Waals surface area contributed by atoms with Gasteiger partial charge >= 0.3 is 0 Å². The Bertz CT molecular complexity index is 1340. The lowest BCUT2D eigenvalue weighted by Gasteiger charge is -2.12. The summed E-state index contributed by atoms with van der Waals surface area (Å²) in [6.07, 6.45) is 0. The second-order valence-corrected chi connectivity index (χ2v) is 9.86. The fraction of sp³-hybridized carbons (Fsp3) is 0.0909. The first-order chi connectivity index (χ1) is 14.8. The first-order valence-corrected chi connectivity index (χ1v) is 11.9. The molecule has 0 aliphatic rings. The predicted molar refractivity (Wildman–Crippen MR) is 112 cm³/mol. The highest BCUT2D eigenvalue weighted by molar-refractivity contribution is 7.86. The van der Waals surface area contributed by atoms with Gasteiger partial charge in [0, 0.05) is 22.3 Å². The van der Waals surface area contributed by atoms with Crippen LogP contribution in [0.5, 0.6) is 0 Å². The van der Waals surface area contributed by atoms with Crippen LogP contribution in [0.3, 0.4) is 0 Å². The number of carbonyl (C=O) groups excluding carboxylic acids is 2. The molecule has 0 radical (unpaired) electrons. The van der Waals surface area contributed by atoms with Gasteiger partial charge in [-0.25, -0.2) is 16.8 Å². The molecule has 3 rings (SSSR count). The normalized spacial score (nSPS) is 11.9. The summed E-state index contributed by atoms with van der Waals surface area (Å²) in [5.41, 5.74) is 1.30. The molecule has 0 atom stereocenters. The Labute approximate surface area is 185 Å². The Balaban J connectivity index is 1.96. The van der Waals surface area contributed by atoms with Crippen molar-refractivity contribution >= 4 is 31.8 Å². The molecule has 3 aromatic rings. The highest BCUT2D eigenvalue weighted by Gasteiger charge is 2.17. The van der Waals surface area contributed by atoms with E-state index < -0.39 is 41.6 Å². The third-order valence-electron chi connectivity index (χ3n) is 4.89. The van der Waals surface area contributed by atoms with E-state index in [-0.39, 0.29) is 22.3 Å². The van der Waals surface area contributed by atoms with Gasteiger partial charge in [-0.1, -0.05) is 36.4 Å². The lowest BCUT2D eigenvalue weighted by Crippen LogP contribution is -2.09. The molecule has 0 saturated carbocycles. The SMILES string of the molecule is Cc1ccc(S(=O)(=O)[O-])cc1C(=O)c1ccc(C(=O)c2cc(S(=O)(=O)[O-])ccc2C)cc1. The zero-order valence-corrected chi connectivity index (χ0v) is 18.5. The van der Waals surface area contributed by atoms with Gasteiger partial charge in [-0.2, -0.15) is 0 Å². The lowest BCUT2D eigenvalue weighted by atomic mass is 9.95. The lowest BCUT2D eigenvalue weighted by molar-refractivity contribution is 0.102. The smallest absolute Gasteiger partial charge is 0.193 e. The largest absolute Gasteiger partial charge is 0.744 e. The van der Waals surface area contributed by atoms with E-state index >= 15 is 0 Å². The first-order valence-electron chi connectivity index (χ1n) is 9.11. The molecule has 0 heterocycles. The number of rotatable bonds is 6. The molecule has 0 unspecified atom stereocenters. The van der Waals surface area contributed by atoms with Gasteiger partial charge in [0.25, 0.3) is 0 Å². The number of carbonyl (C=O) groups is 2. The van der Waals surface area contributed by atoms with Crippen LogP contribution in [0.1, 0.15) is 43.0 Å². The standard InChI is InChI=1S/C22H18O8S2/c1-13-3-9-17(31(25,26)27)11-19(13)21(23)15-5-7-16(8-6-15)22(24)20-12-18(32(28,29)30)10-4-14(20)2/h3-12H,1-2H3,(H,25,26,27)(H,28,29,30)/p-2. The maximum Gasteiger partial charge on any atom is 0.193 e. The maximum absolute atomic E-state index is 12.8. The molecule has 0 bridgehead atoms. The Hall–Kier alpha value is -3.18. The minimum absolute atomic E-state index is 0.0326. The Morgan fingerprint density at radius 2 is 0.906 bits per heavy atom. The second-order valence-electron chi connectivity index (χ2n) is 7.10. The van der Waals surface area contributed by atoms with E-state index in [9.17, 15) is 35.5 Å². The summed E-state index contributed by atoms with van der Waals surface area (Å²) in [5.74, 6) is -1.08. The van der Waals surface area contributed by atoms with Crippen molar-refractivity contribution in [2.75, 3.05) is 0 Å². The number of aryl methyl sites for hydroxylation is 2. The molecule has 3 aromatic carbocycles. The van der Waals surface area contributed by atoms with E-state index in [0.29, 0.717) is 11.1 Å². The summed E-state index contributed by atoms with van der Waals surface area (Å²) in [4.78, 5) is 24.6. The monoisotopic (exact) mass is 472 g/mol. The molecule has 0 aliphatic heterocycles. The molecule has 8 nitrogen and oxygen atoms in total. The molecule has 0 aliphatic carbocycles. The Kier molecular flexibility index (Phi) is 6.16. The highest BCUT2D eigenvalue weighted by atomic mass is 32.2. The summed E-state index contributed by atoms with van der Waals surface area (Å²) in [5, 5.41) is 0. The molecule has 0 N–H and O–H groups in total. The fourth-order valence-electron chi connectivity index (χ4n) is 3.09. The molecule has 166 valence electrons. The van der Waals surface area contributed by atoms with Crippen LogP contribution in [0.15, 0.2) is 70.5 Å². The van der Waals surface area contributed by atoms with Crippen LogP contribution in [-0.2, 0) is 20.2 Å². The molecule has 0 saturated heterocycles. The summed E-state index contributed by atoms with van der Waals surface area (Å²) < 4.78 is 67.6. The molecule has 0 aromatic heterocycles. The first kappa shape index (κ1) is 23.5. The summed E-state index contributed by atoms with van der Waals surface area (Å²) in [6, 6.07) is 12.4. The molecular formula is C22H16O8S2-2. The van der Waals surface area contributed by atoms with Crippen LogP contribution in [0.2, 0.25) is 0 Å². The minimum atomic E-state index is -4.74.